The van der Waals surface area contributed by atoms with Gasteiger partial charge in [-0.3, -0.25) is 38.4 Å². The van der Waals surface area contributed by atoms with Crippen LogP contribution in [-0.2, 0) is 47.9 Å². The van der Waals surface area contributed by atoms with E-state index in [1.807, 2.05) is 0 Å². The zero-order valence-electron chi connectivity index (χ0n) is 33.3. The Morgan fingerprint density at radius 3 is 1.86 bits per heavy atom. The van der Waals surface area contributed by atoms with Gasteiger partial charge in [0, 0.05) is 24.3 Å². The lowest BCUT2D eigenvalue weighted by Gasteiger charge is -2.28. The standard InChI is InChI=1S/C36H60N8O12S2/c1-4-5-6-7-8-9-12-21-31(50)43-25-17-57-58-18-26(44-35(25)54)36(55)56-28(47)13-10-11-20(37)30(49)40-22(14-19(2)3)32(51)42-24(16-45)34(53)41-23(33(52)39-21)15-27(46)29(38)48/h19-27,45-46H,4-18,37H2,1-3H3,(H2,38,48)(H,39,52)(H,40,49)(H,41,53)(H,42,51)(H,43,50)(H,44,54)/t20-,21-,22-,23-,24-,25-,26-,27?/m0/s1. The van der Waals surface area contributed by atoms with E-state index in [9.17, 15) is 53.4 Å². The number of primary amides is 1. The number of unbranched alkanes of at least 4 members (excludes halogenated alkanes) is 5. The maximum atomic E-state index is 13.8. The Hall–Kier alpha value is -3.99. The average molecular weight is 861 g/mol. The van der Waals surface area contributed by atoms with E-state index >= 15 is 0 Å². The molecule has 2 aliphatic heterocycles. The highest BCUT2D eigenvalue weighted by atomic mass is 33.1. The van der Waals surface area contributed by atoms with Gasteiger partial charge in [-0.05, 0) is 31.6 Å². The predicted molar refractivity (Wildman–Crippen MR) is 214 cm³/mol. The first kappa shape index (κ1) is 50.2. The molecule has 8 atom stereocenters. The third kappa shape index (κ3) is 17.9. The Balaban J connectivity index is 2.52. The van der Waals surface area contributed by atoms with E-state index in [0.29, 0.717) is 12.8 Å². The molecule has 2 aliphatic rings. The number of rotatable bonds is 13. The number of hydrogen-bond donors (Lipinski definition) is 10. The number of amides is 7. The van der Waals surface area contributed by atoms with Crippen molar-refractivity contribution in [3.63, 3.8) is 0 Å². The minimum Gasteiger partial charge on any atom is -0.394 e. The van der Waals surface area contributed by atoms with Crippen LogP contribution in [0.5, 0.6) is 0 Å². The summed E-state index contributed by atoms with van der Waals surface area (Å²) in [6, 6.07) is -9.65. The molecule has 0 aliphatic carbocycles. The van der Waals surface area contributed by atoms with Crippen molar-refractivity contribution < 1.29 is 58.1 Å². The van der Waals surface area contributed by atoms with Crippen LogP contribution in [-0.4, -0.2) is 130 Å². The topological polar surface area (TPSA) is 328 Å². The van der Waals surface area contributed by atoms with Crippen molar-refractivity contribution in [2.75, 3.05) is 18.1 Å². The third-order valence-corrected chi connectivity index (χ3v) is 11.7. The SMILES string of the molecule is CCCCCCCC[C@@H]1NC(=O)[C@H](CC(O)C(N)=O)NC(=O)[C@H](CO)NC(=O)[C@H](CC(C)C)NC(=O)[C@@H](N)CCCC(=O)OC(=O)[C@@H]2CSSC[C@H](NC1=O)C(=O)N2. The molecule has 0 aromatic rings. The van der Waals surface area contributed by atoms with Crippen molar-refractivity contribution in [2.45, 2.75) is 146 Å². The number of hydrogen-bond acceptors (Lipinski definition) is 15. The maximum absolute atomic E-state index is 13.8. The monoisotopic (exact) mass is 860 g/mol. The fraction of sp³-hybridized carbons (Fsp3) is 0.750. The van der Waals surface area contributed by atoms with Gasteiger partial charge in [-0.2, -0.15) is 0 Å². The summed E-state index contributed by atoms with van der Waals surface area (Å²) < 4.78 is 4.98. The van der Waals surface area contributed by atoms with Crippen molar-refractivity contribution in [3.05, 3.63) is 0 Å². The summed E-state index contributed by atoms with van der Waals surface area (Å²) in [7, 11) is 2.36. The zero-order chi connectivity index (χ0) is 43.4. The number of carbonyl (C=O) groups excluding carboxylic acids is 9. The molecule has 7 amide bonds. The molecule has 2 rings (SSSR count). The van der Waals surface area contributed by atoms with Gasteiger partial charge in [-0.25, -0.2) is 4.79 Å². The molecule has 328 valence electrons. The van der Waals surface area contributed by atoms with Gasteiger partial charge >= 0.3 is 11.9 Å². The van der Waals surface area contributed by atoms with Gasteiger partial charge in [0.2, 0.25) is 41.4 Å². The van der Waals surface area contributed by atoms with Gasteiger partial charge in [0.15, 0.2) is 0 Å². The maximum Gasteiger partial charge on any atom is 0.337 e. The Labute approximate surface area is 345 Å². The summed E-state index contributed by atoms with van der Waals surface area (Å²) >= 11 is 0. The number of carbonyl (C=O) groups is 9. The number of ether oxygens (including phenoxy) is 1. The molecule has 0 spiro atoms. The Morgan fingerprint density at radius 1 is 0.724 bits per heavy atom. The quantitative estimate of drug-likeness (QED) is 0.0410. The summed E-state index contributed by atoms with van der Waals surface area (Å²) in [5.74, 6) is -8.59. The van der Waals surface area contributed by atoms with Crippen molar-refractivity contribution in [1.29, 1.82) is 0 Å². The molecular weight excluding hydrogens is 801 g/mol. The largest absolute Gasteiger partial charge is 0.394 e. The Kier molecular flexibility index (Phi) is 22.6. The van der Waals surface area contributed by atoms with Crippen molar-refractivity contribution in [3.8, 4) is 0 Å². The Morgan fingerprint density at radius 2 is 1.24 bits per heavy atom. The van der Waals surface area contributed by atoms with Crippen molar-refractivity contribution in [1.82, 2.24) is 31.9 Å². The molecule has 0 saturated carbocycles. The first-order valence-corrected chi connectivity index (χ1v) is 22.1. The Bertz CT molecular complexity index is 1460. The molecule has 12 N–H and O–H groups in total. The van der Waals surface area contributed by atoms with Crippen LogP contribution < -0.4 is 43.4 Å². The molecule has 20 nitrogen and oxygen atoms in total. The van der Waals surface area contributed by atoms with Gasteiger partial charge in [0.05, 0.1) is 12.6 Å². The second-order valence-corrected chi connectivity index (χ2v) is 17.3. The van der Waals surface area contributed by atoms with Gasteiger partial charge < -0.3 is 58.3 Å². The zero-order valence-corrected chi connectivity index (χ0v) is 34.9. The lowest BCUT2D eigenvalue weighted by atomic mass is 10.0. The van der Waals surface area contributed by atoms with E-state index in [1.165, 1.54) is 21.6 Å². The highest BCUT2D eigenvalue weighted by molar-refractivity contribution is 8.76. The van der Waals surface area contributed by atoms with E-state index in [1.54, 1.807) is 13.8 Å². The number of aliphatic hydroxyl groups excluding tert-OH is 2. The predicted octanol–water partition coefficient (Wildman–Crippen LogP) is -2.10. The molecule has 2 heterocycles. The van der Waals surface area contributed by atoms with Crippen LogP contribution in [0.25, 0.3) is 0 Å². The summed E-state index contributed by atoms with van der Waals surface area (Å²) in [6.07, 6.45) is 2.08. The summed E-state index contributed by atoms with van der Waals surface area (Å²) in [5, 5.41) is 35.3. The number of fused-ring (bicyclic) bond motifs is 3. The molecule has 2 fully saturated rings. The first-order valence-electron chi connectivity index (χ1n) is 19.6. The number of esters is 2. The fourth-order valence-corrected chi connectivity index (χ4v) is 8.23. The highest BCUT2D eigenvalue weighted by Gasteiger charge is 2.36. The number of aliphatic hydroxyl groups is 2. The summed E-state index contributed by atoms with van der Waals surface area (Å²) in [5.41, 5.74) is 11.3. The highest BCUT2D eigenvalue weighted by Crippen LogP contribution is 2.25. The van der Waals surface area contributed by atoms with Crippen LogP contribution in [0.1, 0.15) is 97.8 Å². The van der Waals surface area contributed by atoms with E-state index in [2.05, 4.69) is 38.8 Å². The molecule has 0 aromatic heterocycles. The van der Waals surface area contributed by atoms with E-state index < -0.39 is 115 Å². The van der Waals surface area contributed by atoms with Crippen LogP contribution in [0.3, 0.4) is 0 Å². The molecule has 2 saturated heterocycles. The van der Waals surface area contributed by atoms with Crippen LogP contribution in [0.4, 0.5) is 0 Å². The molecule has 22 heteroatoms. The number of cyclic esters (lactones) is 2. The summed E-state index contributed by atoms with van der Waals surface area (Å²) in [6.45, 7) is 4.61. The molecule has 58 heavy (non-hydrogen) atoms. The average Bonchev–Trinajstić information content (AvgIpc) is 3.15. The molecule has 0 radical (unpaired) electrons. The fourth-order valence-electron chi connectivity index (χ4n) is 5.92. The lowest BCUT2D eigenvalue weighted by Crippen LogP contribution is -2.61. The van der Waals surface area contributed by atoms with E-state index in [0.717, 1.165) is 25.7 Å². The van der Waals surface area contributed by atoms with Crippen LogP contribution in [0, 0.1) is 5.92 Å². The smallest absolute Gasteiger partial charge is 0.337 e. The van der Waals surface area contributed by atoms with Gasteiger partial charge in [-0.15, -0.1) is 0 Å². The van der Waals surface area contributed by atoms with Gasteiger partial charge in [-0.1, -0.05) is 80.9 Å². The van der Waals surface area contributed by atoms with Gasteiger partial charge in [0.1, 0.15) is 42.4 Å². The molecular formula is C36H60N8O12S2. The van der Waals surface area contributed by atoms with Crippen LogP contribution in [0.2, 0.25) is 0 Å². The third-order valence-electron chi connectivity index (χ3n) is 9.29. The summed E-state index contributed by atoms with van der Waals surface area (Å²) in [4.78, 5) is 118. The first-order chi connectivity index (χ1) is 27.5. The normalized spacial score (nSPS) is 27.3. The van der Waals surface area contributed by atoms with Crippen LogP contribution in [0.15, 0.2) is 0 Å². The molecule has 2 bridgehead atoms. The lowest BCUT2D eigenvalue weighted by molar-refractivity contribution is -0.161. The molecule has 0 aromatic carbocycles. The number of nitrogens with one attached hydrogen (secondary N) is 6. The number of nitrogens with two attached hydrogens (primary N) is 2. The minimum atomic E-state index is -1.95. The van der Waals surface area contributed by atoms with Crippen LogP contribution >= 0.6 is 21.6 Å². The van der Waals surface area contributed by atoms with Crippen molar-refractivity contribution >= 4 is 74.9 Å². The van der Waals surface area contributed by atoms with Crippen molar-refractivity contribution in [2.24, 2.45) is 17.4 Å². The molecule has 1 unspecified atom stereocenters. The minimum absolute atomic E-state index is 0.0164. The van der Waals surface area contributed by atoms with E-state index in [4.69, 9.17) is 16.2 Å². The van der Waals surface area contributed by atoms with E-state index in [-0.39, 0.29) is 49.5 Å². The second-order valence-electron chi connectivity index (χ2n) is 14.8. The second kappa shape index (κ2) is 26.2. The van der Waals surface area contributed by atoms with Gasteiger partial charge in [0.25, 0.3) is 0 Å².